The smallest absolute Gasteiger partial charge is 0.223 e. The molecule has 4 nitrogen and oxygen atoms in total. The molecule has 0 unspecified atom stereocenters. The van der Waals surface area contributed by atoms with Crippen molar-refractivity contribution in [3.63, 3.8) is 0 Å². The second kappa shape index (κ2) is 9.18. The molecule has 2 aromatic rings. The van der Waals surface area contributed by atoms with Crippen LogP contribution in [0.15, 0.2) is 42.5 Å². The van der Waals surface area contributed by atoms with Gasteiger partial charge in [-0.2, -0.15) is 0 Å². The Kier molecular flexibility index (Phi) is 6.94. The van der Waals surface area contributed by atoms with Crippen molar-refractivity contribution in [2.75, 3.05) is 19.8 Å². The van der Waals surface area contributed by atoms with Gasteiger partial charge < -0.3 is 14.8 Å². The Morgan fingerprint density at radius 1 is 1.00 bits per heavy atom. The Labute approximate surface area is 147 Å². The molecule has 0 saturated carbocycles. The van der Waals surface area contributed by atoms with Gasteiger partial charge in [0.2, 0.25) is 5.91 Å². The summed E-state index contributed by atoms with van der Waals surface area (Å²) >= 11 is 6.12. The first-order valence-electron chi connectivity index (χ1n) is 7.90. The number of ether oxygens (including phenoxy) is 2. The monoisotopic (exact) mass is 347 g/mol. The van der Waals surface area contributed by atoms with Crippen LogP contribution < -0.4 is 14.8 Å². The molecule has 0 fully saturated rings. The molecule has 2 aromatic carbocycles. The van der Waals surface area contributed by atoms with E-state index in [9.17, 15) is 4.79 Å². The highest BCUT2D eigenvalue weighted by Gasteiger charge is 2.05. The Morgan fingerprint density at radius 3 is 2.29 bits per heavy atom. The number of halogens is 1. The molecule has 1 N–H and O–H groups in total. The van der Waals surface area contributed by atoms with Crippen molar-refractivity contribution >= 4 is 17.5 Å². The second-order valence-electron chi connectivity index (χ2n) is 5.48. The molecule has 24 heavy (non-hydrogen) atoms. The maximum atomic E-state index is 11.7. The highest BCUT2D eigenvalue weighted by molar-refractivity contribution is 6.32. The van der Waals surface area contributed by atoms with E-state index in [2.05, 4.69) is 5.32 Å². The average Bonchev–Trinajstić information content (AvgIpc) is 2.57. The summed E-state index contributed by atoms with van der Waals surface area (Å²) < 4.78 is 11.1. The predicted octanol–water partition coefficient (Wildman–Crippen LogP) is 3.92. The molecule has 5 heteroatoms. The van der Waals surface area contributed by atoms with Gasteiger partial charge in [-0.05, 0) is 49.2 Å². The van der Waals surface area contributed by atoms with E-state index in [-0.39, 0.29) is 5.91 Å². The minimum atomic E-state index is -0.0574. The fourth-order valence-corrected chi connectivity index (χ4v) is 2.32. The topological polar surface area (TPSA) is 47.6 Å². The van der Waals surface area contributed by atoms with Gasteiger partial charge in [-0.15, -0.1) is 0 Å². The summed E-state index contributed by atoms with van der Waals surface area (Å²) in [6, 6.07) is 13.2. The highest BCUT2D eigenvalue weighted by atomic mass is 35.5. The molecule has 0 aliphatic carbocycles. The number of nitrogens with one attached hydrogen (secondary N) is 1. The lowest BCUT2D eigenvalue weighted by Crippen LogP contribution is -2.29. The third kappa shape index (κ3) is 5.78. The quantitative estimate of drug-likeness (QED) is 0.736. The van der Waals surface area contributed by atoms with Crippen molar-refractivity contribution in [2.45, 2.75) is 20.3 Å². The van der Waals surface area contributed by atoms with Gasteiger partial charge in [-0.25, -0.2) is 0 Å². The lowest BCUT2D eigenvalue weighted by molar-refractivity contribution is -0.121. The van der Waals surface area contributed by atoms with Crippen LogP contribution in [0.25, 0.3) is 0 Å². The van der Waals surface area contributed by atoms with Crippen LogP contribution in [-0.4, -0.2) is 25.7 Å². The van der Waals surface area contributed by atoms with Crippen LogP contribution in [0.2, 0.25) is 5.02 Å². The minimum Gasteiger partial charge on any atom is -0.493 e. The summed E-state index contributed by atoms with van der Waals surface area (Å²) in [7, 11) is 0. The first-order chi connectivity index (χ1) is 11.6. The predicted molar refractivity (Wildman–Crippen MR) is 96.0 cm³/mol. The van der Waals surface area contributed by atoms with Crippen LogP contribution in [0.5, 0.6) is 11.5 Å². The first kappa shape index (κ1) is 18.1. The van der Waals surface area contributed by atoms with Crippen LogP contribution in [0, 0.1) is 13.8 Å². The van der Waals surface area contributed by atoms with Gasteiger partial charge in [-0.1, -0.05) is 29.8 Å². The van der Waals surface area contributed by atoms with E-state index in [1.807, 2.05) is 56.3 Å². The SMILES string of the molecule is Cc1cc(OCCNC(=O)CCOc2ccccc2)cc(C)c1Cl. The summed E-state index contributed by atoms with van der Waals surface area (Å²) in [5.41, 5.74) is 1.96. The Bertz CT molecular complexity index is 651. The van der Waals surface area contributed by atoms with E-state index in [1.54, 1.807) is 0 Å². The number of hydrogen-bond acceptors (Lipinski definition) is 3. The van der Waals surface area contributed by atoms with Crippen molar-refractivity contribution in [1.82, 2.24) is 5.32 Å². The van der Waals surface area contributed by atoms with Crippen LogP contribution in [-0.2, 0) is 4.79 Å². The van der Waals surface area contributed by atoms with Crippen LogP contribution >= 0.6 is 11.6 Å². The number of amides is 1. The molecule has 0 atom stereocenters. The number of para-hydroxylation sites is 1. The lowest BCUT2D eigenvalue weighted by atomic mass is 10.1. The van der Waals surface area contributed by atoms with E-state index in [1.165, 1.54) is 0 Å². The van der Waals surface area contributed by atoms with Gasteiger partial charge in [-0.3, -0.25) is 4.79 Å². The zero-order chi connectivity index (χ0) is 17.4. The van der Waals surface area contributed by atoms with Crippen molar-refractivity contribution in [3.05, 3.63) is 58.6 Å². The number of benzene rings is 2. The summed E-state index contributed by atoms with van der Waals surface area (Å²) in [4.78, 5) is 11.7. The van der Waals surface area contributed by atoms with Gasteiger partial charge in [0.05, 0.1) is 19.6 Å². The Balaban J connectivity index is 1.62. The number of carbonyl (C=O) groups excluding carboxylic acids is 1. The van der Waals surface area contributed by atoms with Crippen molar-refractivity contribution in [2.24, 2.45) is 0 Å². The van der Waals surface area contributed by atoms with E-state index in [0.29, 0.717) is 26.2 Å². The van der Waals surface area contributed by atoms with Gasteiger partial charge in [0.1, 0.15) is 18.1 Å². The highest BCUT2D eigenvalue weighted by Crippen LogP contribution is 2.25. The zero-order valence-electron chi connectivity index (χ0n) is 14.0. The molecule has 0 aliphatic rings. The fraction of sp³-hybridized carbons (Fsp3) is 0.316. The molecule has 0 aliphatic heterocycles. The molecule has 0 bridgehead atoms. The van der Waals surface area contributed by atoms with Crippen molar-refractivity contribution in [3.8, 4) is 11.5 Å². The molecule has 2 rings (SSSR count). The maximum Gasteiger partial charge on any atom is 0.223 e. The minimum absolute atomic E-state index is 0.0574. The maximum absolute atomic E-state index is 11.7. The van der Waals surface area contributed by atoms with E-state index < -0.39 is 0 Å². The molecule has 0 spiro atoms. The first-order valence-corrected chi connectivity index (χ1v) is 8.28. The average molecular weight is 348 g/mol. The van der Waals surface area contributed by atoms with Crippen LogP contribution in [0.4, 0.5) is 0 Å². The number of hydrogen-bond donors (Lipinski definition) is 1. The van der Waals surface area contributed by atoms with E-state index in [4.69, 9.17) is 21.1 Å². The largest absolute Gasteiger partial charge is 0.493 e. The van der Waals surface area contributed by atoms with E-state index >= 15 is 0 Å². The van der Waals surface area contributed by atoms with Crippen molar-refractivity contribution in [1.29, 1.82) is 0 Å². The van der Waals surface area contributed by atoms with Gasteiger partial charge in [0.15, 0.2) is 0 Å². The molecule has 0 heterocycles. The number of aryl methyl sites for hydroxylation is 2. The molecular weight excluding hydrogens is 326 g/mol. The van der Waals surface area contributed by atoms with Gasteiger partial charge >= 0.3 is 0 Å². The molecule has 1 amide bonds. The zero-order valence-corrected chi connectivity index (χ0v) is 14.7. The van der Waals surface area contributed by atoms with Crippen LogP contribution in [0.1, 0.15) is 17.5 Å². The van der Waals surface area contributed by atoms with E-state index in [0.717, 1.165) is 27.6 Å². The Hall–Kier alpha value is -2.20. The summed E-state index contributed by atoms with van der Waals surface area (Å²) in [5.74, 6) is 1.47. The molecule has 0 radical (unpaired) electrons. The number of rotatable bonds is 8. The molecule has 128 valence electrons. The third-order valence-corrected chi connectivity index (χ3v) is 4.04. The van der Waals surface area contributed by atoms with Crippen molar-refractivity contribution < 1.29 is 14.3 Å². The van der Waals surface area contributed by atoms with Gasteiger partial charge in [0, 0.05) is 5.02 Å². The lowest BCUT2D eigenvalue weighted by Gasteiger charge is -2.11. The summed E-state index contributed by atoms with van der Waals surface area (Å²) in [6.45, 7) is 5.09. The molecule has 0 saturated heterocycles. The normalized spacial score (nSPS) is 10.3. The fourth-order valence-electron chi connectivity index (χ4n) is 2.22. The summed E-state index contributed by atoms with van der Waals surface area (Å²) in [5, 5.41) is 3.57. The molecule has 0 aromatic heterocycles. The standard InChI is InChI=1S/C19H22ClNO3/c1-14-12-17(13-15(2)19(14)20)24-11-9-21-18(22)8-10-23-16-6-4-3-5-7-16/h3-7,12-13H,8-11H2,1-2H3,(H,21,22). The van der Waals surface area contributed by atoms with Crippen LogP contribution in [0.3, 0.4) is 0 Å². The molecular formula is C19H22ClNO3. The second-order valence-corrected chi connectivity index (χ2v) is 5.86. The Morgan fingerprint density at radius 2 is 1.62 bits per heavy atom. The third-order valence-electron chi connectivity index (χ3n) is 3.44. The van der Waals surface area contributed by atoms with Gasteiger partial charge in [0.25, 0.3) is 0 Å². The summed E-state index contributed by atoms with van der Waals surface area (Å²) in [6.07, 6.45) is 0.314. The number of carbonyl (C=O) groups is 1.